The summed E-state index contributed by atoms with van der Waals surface area (Å²) in [5, 5.41) is 2.99. The van der Waals surface area contributed by atoms with Crippen LogP contribution in [0.15, 0.2) is 0 Å². The van der Waals surface area contributed by atoms with E-state index in [1.807, 2.05) is 4.90 Å². The fourth-order valence-electron chi connectivity index (χ4n) is 3.39. The molecule has 2 saturated heterocycles. The van der Waals surface area contributed by atoms with Crippen LogP contribution in [0.1, 0.15) is 46.0 Å². The predicted octanol–water partition coefficient (Wildman–Crippen LogP) is 1.84. The van der Waals surface area contributed by atoms with Crippen LogP contribution in [-0.4, -0.2) is 67.7 Å². The number of ether oxygens (including phenoxy) is 1. The number of likely N-dealkylation sites (tertiary alicyclic amines) is 1. The van der Waals surface area contributed by atoms with Gasteiger partial charge in [0.2, 0.25) is 0 Å². The van der Waals surface area contributed by atoms with Crippen molar-refractivity contribution in [1.29, 1.82) is 0 Å². The minimum atomic E-state index is -0.357. The first-order chi connectivity index (χ1) is 10.8. The van der Waals surface area contributed by atoms with Crippen LogP contribution in [-0.2, 0) is 9.53 Å². The summed E-state index contributed by atoms with van der Waals surface area (Å²) >= 11 is 0. The lowest BCUT2D eigenvalue weighted by atomic mass is 9.88. The first-order valence-electron chi connectivity index (χ1n) is 8.68. The fourth-order valence-corrected chi connectivity index (χ4v) is 3.39. The SMILES string of the molecule is CN(C)C(=O)[C@@H]1CC[C@H](CNC(=O)N2CCCCC(C)(C)C2)O1. The van der Waals surface area contributed by atoms with Crippen LogP contribution in [0, 0.1) is 5.41 Å². The van der Waals surface area contributed by atoms with E-state index in [4.69, 9.17) is 4.74 Å². The van der Waals surface area contributed by atoms with E-state index in [1.165, 1.54) is 6.42 Å². The van der Waals surface area contributed by atoms with Gasteiger partial charge in [-0.25, -0.2) is 4.79 Å². The molecule has 0 radical (unpaired) electrons. The van der Waals surface area contributed by atoms with Gasteiger partial charge in [-0.15, -0.1) is 0 Å². The highest BCUT2D eigenvalue weighted by molar-refractivity contribution is 5.80. The highest BCUT2D eigenvalue weighted by Crippen LogP contribution is 2.28. The van der Waals surface area contributed by atoms with Crippen molar-refractivity contribution in [3.8, 4) is 0 Å². The number of carbonyl (C=O) groups is 2. The van der Waals surface area contributed by atoms with Gasteiger partial charge in [-0.2, -0.15) is 0 Å². The van der Waals surface area contributed by atoms with E-state index < -0.39 is 0 Å². The summed E-state index contributed by atoms with van der Waals surface area (Å²) in [5.41, 5.74) is 0.181. The summed E-state index contributed by atoms with van der Waals surface area (Å²) < 4.78 is 5.76. The van der Waals surface area contributed by atoms with E-state index in [9.17, 15) is 9.59 Å². The molecular formula is C17H31N3O3. The third kappa shape index (κ3) is 5.09. The molecule has 2 rings (SSSR count). The van der Waals surface area contributed by atoms with E-state index in [2.05, 4.69) is 19.2 Å². The third-order valence-electron chi connectivity index (χ3n) is 4.74. The van der Waals surface area contributed by atoms with Crippen molar-refractivity contribution < 1.29 is 14.3 Å². The highest BCUT2D eigenvalue weighted by atomic mass is 16.5. The van der Waals surface area contributed by atoms with E-state index in [0.29, 0.717) is 6.54 Å². The van der Waals surface area contributed by atoms with Crippen LogP contribution in [0.4, 0.5) is 4.79 Å². The number of amides is 3. The number of nitrogens with zero attached hydrogens (tertiary/aromatic N) is 2. The summed E-state index contributed by atoms with van der Waals surface area (Å²) in [5.74, 6) is 0.00749. The zero-order valence-electron chi connectivity index (χ0n) is 14.9. The van der Waals surface area contributed by atoms with E-state index in [1.54, 1.807) is 19.0 Å². The molecule has 0 bridgehead atoms. The molecular weight excluding hydrogens is 294 g/mol. The Morgan fingerprint density at radius 1 is 1.26 bits per heavy atom. The van der Waals surface area contributed by atoms with Gasteiger partial charge < -0.3 is 19.9 Å². The molecule has 2 atom stereocenters. The quantitative estimate of drug-likeness (QED) is 0.861. The Labute approximate surface area is 139 Å². The maximum absolute atomic E-state index is 12.4. The standard InChI is InChI=1S/C17H31N3O3/c1-17(2)9-5-6-10-20(12-17)16(22)18-11-13-7-8-14(23-13)15(21)19(3)4/h13-14H,5-12H2,1-4H3,(H,18,22)/t13-,14+/m1/s1. The fraction of sp³-hybridized carbons (Fsp3) is 0.882. The lowest BCUT2D eigenvalue weighted by Gasteiger charge is -2.30. The molecule has 2 aliphatic rings. The molecule has 2 fully saturated rings. The van der Waals surface area contributed by atoms with Gasteiger partial charge in [0.15, 0.2) is 0 Å². The molecule has 0 saturated carbocycles. The average molecular weight is 325 g/mol. The highest BCUT2D eigenvalue weighted by Gasteiger charge is 2.32. The Balaban J connectivity index is 1.77. The number of hydrogen-bond acceptors (Lipinski definition) is 3. The lowest BCUT2D eigenvalue weighted by Crippen LogP contribution is -2.46. The van der Waals surface area contributed by atoms with Crippen LogP contribution in [0.25, 0.3) is 0 Å². The molecule has 2 aliphatic heterocycles. The molecule has 6 heteroatoms. The molecule has 0 unspecified atom stereocenters. The van der Waals surface area contributed by atoms with Crippen molar-refractivity contribution in [1.82, 2.24) is 15.1 Å². The van der Waals surface area contributed by atoms with Gasteiger partial charge in [-0.05, 0) is 31.1 Å². The van der Waals surface area contributed by atoms with Gasteiger partial charge in [0.05, 0.1) is 6.10 Å². The smallest absolute Gasteiger partial charge is 0.317 e. The number of hydrogen-bond donors (Lipinski definition) is 1. The molecule has 23 heavy (non-hydrogen) atoms. The second kappa shape index (κ2) is 7.51. The van der Waals surface area contributed by atoms with Crippen molar-refractivity contribution in [3.05, 3.63) is 0 Å². The van der Waals surface area contributed by atoms with E-state index in [-0.39, 0.29) is 29.6 Å². The summed E-state index contributed by atoms with van der Waals surface area (Å²) in [6.45, 7) is 6.54. The monoisotopic (exact) mass is 325 g/mol. The van der Waals surface area contributed by atoms with Crippen LogP contribution in [0.2, 0.25) is 0 Å². The zero-order valence-corrected chi connectivity index (χ0v) is 14.9. The molecule has 2 heterocycles. The second-order valence-electron chi connectivity index (χ2n) is 7.79. The number of carbonyl (C=O) groups excluding carboxylic acids is 2. The third-order valence-corrected chi connectivity index (χ3v) is 4.74. The Kier molecular flexibility index (Phi) is 5.89. The average Bonchev–Trinajstić information content (AvgIpc) is 2.87. The van der Waals surface area contributed by atoms with E-state index in [0.717, 1.165) is 38.8 Å². The lowest BCUT2D eigenvalue weighted by molar-refractivity contribution is -0.140. The van der Waals surface area contributed by atoms with Gasteiger partial charge in [0.1, 0.15) is 6.10 Å². The first-order valence-corrected chi connectivity index (χ1v) is 8.68. The summed E-state index contributed by atoms with van der Waals surface area (Å²) in [4.78, 5) is 27.8. The molecule has 6 nitrogen and oxygen atoms in total. The molecule has 0 aromatic heterocycles. The Morgan fingerprint density at radius 3 is 2.70 bits per heavy atom. The number of urea groups is 1. The van der Waals surface area contributed by atoms with Gasteiger partial charge >= 0.3 is 6.03 Å². The Morgan fingerprint density at radius 2 is 2.00 bits per heavy atom. The molecule has 0 aliphatic carbocycles. The molecule has 0 aromatic rings. The second-order valence-corrected chi connectivity index (χ2v) is 7.79. The number of likely N-dealkylation sites (N-methyl/N-ethyl adjacent to an activating group) is 1. The van der Waals surface area contributed by atoms with Crippen LogP contribution in [0.3, 0.4) is 0 Å². The Bertz CT molecular complexity index is 437. The summed E-state index contributed by atoms with van der Waals surface area (Å²) in [7, 11) is 3.48. The van der Waals surface area contributed by atoms with Crippen LogP contribution >= 0.6 is 0 Å². The largest absolute Gasteiger partial charge is 0.363 e. The zero-order chi connectivity index (χ0) is 17.0. The van der Waals surface area contributed by atoms with Crippen molar-refractivity contribution >= 4 is 11.9 Å². The van der Waals surface area contributed by atoms with Gasteiger partial charge in [0, 0.05) is 33.7 Å². The Hall–Kier alpha value is -1.30. The number of nitrogens with one attached hydrogen (secondary N) is 1. The minimum absolute atomic E-state index is 0.00749. The molecule has 1 N–H and O–H groups in total. The van der Waals surface area contributed by atoms with Crippen molar-refractivity contribution in [3.63, 3.8) is 0 Å². The summed E-state index contributed by atoms with van der Waals surface area (Å²) in [6.07, 6.45) is 4.53. The van der Waals surface area contributed by atoms with Crippen LogP contribution in [0.5, 0.6) is 0 Å². The maximum atomic E-state index is 12.4. The van der Waals surface area contributed by atoms with Gasteiger partial charge in [0.25, 0.3) is 5.91 Å². The maximum Gasteiger partial charge on any atom is 0.317 e. The van der Waals surface area contributed by atoms with Crippen molar-refractivity contribution in [2.75, 3.05) is 33.7 Å². The summed E-state index contributed by atoms with van der Waals surface area (Å²) in [6, 6.07) is -0.00837. The number of rotatable bonds is 3. The van der Waals surface area contributed by atoms with Crippen LogP contribution < -0.4 is 5.32 Å². The molecule has 0 spiro atoms. The normalized spacial score (nSPS) is 27.4. The topological polar surface area (TPSA) is 61.9 Å². The molecule has 3 amide bonds. The van der Waals surface area contributed by atoms with Gasteiger partial charge in [-0.3, -0.25) is 4.79 Å². The van der Waals surface area contributed by atoms with Crippen molar-refractivity contribution in [2.45, 2.75) is 58.2 Å². The molecule has 0 aromatic carbocycles. The van der Waals surface area contributed by atoms with Crippen molar-refractivity contribution in [2.24, 2.45) is 5.41 Å². The minimum Gasteiger partial charge on any atom is -0.363 e. The van der Waals surface area contributed by atoms with Gasteiger partial charge in [-0.1, -0.05) is 20.3 Å². The van der Waals surface area contributed by atoms with E-state index >= 15 is 0 Å². The first kappa shape index (κ1) is 18.0. The predicted molar refractivity (Wildman–Crippen MR) is 89.2 cm³/mol. The molecule has 132 valence electrons.